The first-order valence-electron chi connectivity index (χ1n) is 7.44. The fraction of sp³-hybridized carbons (Fsp3) is 0.714. The summed E-state index contributed by atoms with van der Waals surface area (Å²) in [6.07, 6.45) is 0. The standard InChI is InChI=1S/C14H32Si4/c1-9-17(7)13-11-15(3,4)16(5,6)12-14-18(17,8)10-2/h11-14H,9-10H2,1-8H3/b13-11-,14-12-. The Kier molecular flexibility index (Phi) is 4.59. The molecule has 0 aliphatic carbocycles. The molecule has 0 aromatic heterocycles. The highest BCUT2D eigenvalue weighted by Crippen LogP contribution is 2.34. The van der Waals surface area contributed by atoms with Gasteiger partial charge in [-0.3, -0.25) is 0 Å². The van der Waals surface area contributed by atoms with E-state index < -0.39 is 30.4 Å². The van der Waals surface area contributed by atoms with Gasteiger partial charge in [0.05, 0.1) is 30.4 Å². The van der Waals surface area contributed by atoms with Crippen molar-refractivity contribution in [1.29, 1.82) is 0 Å². The van der Waals surface area contributed by atoms with E-state index in [4.69, 9.17) is 0 Å². The van der Waals surface area contributed by atoms with Gasteiger partial charge in [-0.15, -0.1) is 22.8 Å². The fourth-order valence-corrected chi connectivity index (χ4v) is 25.3. The van der Waals surface area contributed by atoms with Crippen molar-refractivity contribution in [1.82, 2.24) is 0 Å². The van der Waals surface area contributed by atoms with Crippen LogP contribution in [0.3, 0.4) is 0 Å². The lowest BCUT2D eigenvalue weighted by atomic mass is 11.0. The van der Waals surface area contributed by atoms with Gasteiger partial charge in [-0.1, -0.05) is 65.2 Å². The van der Waals surface area contributed by atoms with E-state index in [-0.39, 0.29) is 0 Å². The Bertz CT molecular complexity index is 334. The molecule has 1 aliphatic rings. The summed E-state index contributed by atoms with van der Waals surface area (Å²) in [7, 11) is -4.64. The van der Waals surface area contributed by atoms with E-state index in [0.29, 0.717) is 0 Å². The van der Waals surface area contributed by atoms with Gasteiger partial charge in [0.1, 0.15) is 0 Å². The first kappa shape index (κ1) is 16.4. The average molecular weight is 313 g/mol. The summed E-state index contributed by atoms with van der Waals surface area (Å²) in [5.74, 6) is 0. The van der Waals surface area contributed by atoms with E-state index >= 15 is 0 Å². The number of hydrogen-bond acceptors (Lipinski definition) is 0. The van der Waals surface area contributed by atoms with Crippen LogP contribution in [-0.2, 0) is 0 Å². The zero-order valence-corrected chi connectivity index (χ0v) is 17.7. The molecule has 0 aromatic rings. The van der Waals surface area contributed by atoms with Crippen molar-refractivity contribution >= 4 is 30.4 Å². The largest absolute Gasteiger partial charge is 0.104 e. The summed E-state index contributed by atoms with van der Waals surface area (Å²) in [6.45, 7) is 20.5. The van der Waals surface area contributed by atoms with E-state index in [1.807, 2.05) is 0 Å². The first-order valence-corrected chi connectivity index (χ1v) is 21.2. The second-order valence-electron chi connectivity index (χ2n) is 7.65. The zero-order chi connectivity index (χ0) is 14.2. The third-order valence-electron chi connectivity index (χ3n) is 6.17. The molecule has 18 heavy (non-hydrogen) atoms. The van der Waals surface area contributed by atoms with Gasteiger partial charge < -0.3 is 0 Å². The highest BCUT2D eigenvalue weighted by molar-refractivity contribution is 7.49. The fourth-order valence-electron chi connectivity index (χ4n) is 2.64. The minimum Gasteiger partial charge on any atom is -0.104 e. The molecule has 2 atom stereocenters. The summed E-state index contributed by atoms with van der Waals surface area (Å²) in [6, 6.07) is 2.85. The van der Waals surface area contributed by atoms with Crippen molar-refractivity contribution in [2.75, 3.05) is 0 Å². The predicted octanol–water partition coefficient (Wildman–Crippen LogP) is 5.04. The monoisotopic (exact) mass is 312 g/mol. The second kappa shape index (κ2) is 5.03. The maximum absolute atomic E-state index is 2.78. The van der Waals surface area contributed by atoms with E-state index in [1.165, 1.54) is 12.1 Å². The topological polar surface area (TPSA) is 0 Å². The molecular weight excluding hydrogens is 280 g/mol. The molecule has 2 unspecified atom stereocenters. The van der Waals surface area contributed by atoms with Crippen LogP contribution in [0.25, 0.3) is 0 Å². The van der Waals surface area contributed by atoms with Gasteiger partial charge in [0.15, 0.2) is 0 Å². The molecule has 104 valence electrons. The molecule has 4 heteroatoms. The van der Waals surface area contributed by atoms with Gasteiger partial charge in [0, 0.05) is 0 Å². The van der Waals surface area contributed by atoms with E-state index in [2.05, 4.69) is 75.9 Å². The van der Waals surface area contributed by atoms with Crippen molar-refractivity contribution < 1.29 is 0 Å². The molecule has 0 saturated heterocycles. The average Bonchev–Trinajstić information content (AvgIpc) is 2.32. The molecule has 1 aliphatic heterocycles. The molecule has 0 fully saturated rings. The van der Waals surface area contributed by atoms with Gasteiger partial charge in [-0.2, -0.15) is 0 Å². The lowest BCUT2D eigenvalue weighted by Gasteiger charge is -2.44. The van der Waals surface area contributed by atoms with E-state index in [1.54, 1.807) is 0 Å². The second-order valence-corrected chi connectivity index (χ2v) is 37.5. The van der Waals surface area contributed by atoms with Gasteiger partial charge in [0.2, 0.25) is 0 Å². The smallest absolute Gasteiger partial charge is 0.0713 e. The van der Waals surface area contributed by atoms with Gasteiger partial charge in [-0.05, 0) is 0 Å². The minimum atomic E-state index is -1.17. The van der Waals surface area contributed by atoms with Crippen molar-refractivity contribution in [3.05, 3.63) is 22.8 Å². The molecule has 0 nitrogen and oxygen atoms in total. The Labute approximate surface area is 118 Å². The Balaban J connectivity index is 3.37. The maximum atomic E-state index is 2.78. The van der Waals surface area contributed by atoms with Crippen LogP contribution < -0.4 is 0 Å². The van der Waals surface area contributed by atoms with E-state index in [0.717, 1.165) is 0 Å². The Hall–Kier alpha value is 0.348. The van der Waals surface area contributed by atoms with Gasteiger partial charge in [0.25, 0.3) is 0 Å². The van der Waals surface area contributed by atoms with Crippen molar-refractivity contribution in [2.24, 2.45) is 0 Å². The highest BCUT2D eigenvalue weighted by atomic mass is 29.3. The molecule has 0 amide bonds. The van der Waals surface area contributed by atoms with Crippen LogP contribution in [0.1, 0.15) is 13.8 Å². The Morgan fingerprint density at radius 3 is 1.06 bits per heavy atom. The quantitative estimate of drug-likeness (QED) is 0.627. The highest BCUT2D eigenvalue weighted by Gasteiger charge is 2.46. The van der Waals surface area contributed by atoms with Crippen LogP contribution in [0.15, 0.2) is 22.8 Å². The van der Waals surface area contributed by atoms with Crippen LogP contribution in [0.4, 0.5) is 0 Å². The molecule has 0 bridgehead atoms. The van der Waals surface area contributed by atoms with Crippen molar-refractivity contribution in [3.63, 3.8) is 0 Å². The SMILES string of the molecule is CC[Si]1(C)/C=C\[Si](C)(C)[Si](C)(C)/C=C\[Si]1(C)CC. The predicted molar refractivity (Wildman–Crippen MR) is 97.4 cm³/mol. The Morgan fingerprint density at radius 2 is 0.833 bits per heavy atom. The molecule has 0 saturated carbocycles. The maximum Gasteiger partial charge on any atom is 0.0713 e. The summed E-state index contributed by atoms with van der Waals surface area (Å²) in [5, 5.41) is 0. The summed E-state index contributed by atoms with van der Waals surface area (Å²) >= 11 is 0. The molecular formula is C14H32Si4. The third-order valence-corrected chi connectivity index (χ3v) is 41.4. The number of rotatable bonds is 2. The minimum absolute atomic E-state index is 1.15. The van der Waals surface area contributed by atoms with E-state index in [9.17, 15) is 0 Å². The molecule has 0 N–H and O–H groups in total. The van der Waals surface area contributed by atoms with Crippen LogP contribution in [0.5, 0.6) is 0 Å². The van der Waals surface area contributed by atoms with Crippen LogP contribution in [0.2, 0.25) is 51.4 Å². The summed E-state index contributed by atoms with van der Waals surface area (Å²) < 4.78 is 0. The lowest BCUT2D eigenvalue weighted by Crippen LogP contribution is -2.60. The normalized spacial score (nSPS) is 41.8. The Morgan fingerprint density at radius 1 is 0.556 bits per heavy atom. The molecule has 0 aromatic carbocycles. The third kappa shape index (κ3) is 2.62. The molecule has 0 spiro atoms. The van der Waals surface area contributed by atoms with Crippen LogP contribution in [0, 0.1) is 0 Å². The van der Waals surface area contributed by atoms with Crippen LogP contribution >= 0.6 is 0 Å². The molecule has 1 rings (SSSR count). The zero-order valence-electron chi connectivity index (χ0n) is 13.7. The first-order chi connectivity index (χ1) is 8.04. The molecule has 1 heterocycles. The molecule has 0 radical (unpaired) electrons. The van der Waals surface area contributed by atoms with Crippen molar-refractivity contribution in [2.45, 2.75) is 65.2 Å². The van der Waals surface area contributed by atoms with Gasteiger partial charge in [-0.25, -0.2) is 0 Å². The summed E-state index contributed by atoms with van der Waals surface area (Å²) in [5.41, 5.74) is 11.1. The summed E-state index contributed by atoms with van der Waals surface area (Å²) in [4.78, 5) is 0. The van der Waals surface area contributed by atoms with Crippen LogP contribution in [-0.4, -0.2) is 30.4 Å². The number of hydrogen-bond donors (Lipinski definition) is 0. The van der Waals surface area contributed by atoms with Gasteiger partial charge >= 0.3 is 0 Å². The van der Waals surface area contributed by atoms with Crippen molar-refractivity contribution in [3.8, 4) is 0 Å². The lowest BCUT2D eigenvalue weighted by molar-refractivity contribution is 1.35.